The number of halogens is 5. The van der Waals surface area contributed by atoms with Crippen molar-refractivity contribution in [2.75, 3.05) is 30.8 Å². The first-order valence-corrected chi connectivity index (χ1v) is 8.04. The molecule has 0 bridgehead atoms. The molecule has 0 heterocycles. The van der Waals surface area contributed by atoms with Gasteiger partial charge >= 0.3 is 0 Å². The van der Waals surface area contributed by atoms with E-state index < -0.39 is 40.8 Å². The molecule has 0 fully saturated rings. The highest BCUT2D eigenvalue weighted by Gasteiger charge is 2.18. The summed E-state index contributed by atoms with van der Waals surface area (Å²) >= 11 is 5.62. The summed E-state index contributed by atoms with van der Waals surface area (Å²) < 4.78 is 52.6. The summed E-state index contributed by atoms with van der Waals surface area (Å²) in [6, 6.07) is 5.24. The van der Waals surface area contributed by atoms with Gasteiger partial charge in [0.05, 0.1) is 17.8 Å². The fourth-order valence-corrected chi connectivity index (χ4v) is 2.39. The first kappa shape index (κ1) is 20.7. The molecule has 0 aliphatic rings. The number of hydrogen-bond acceptors (Lipinski definition) is 2. The third-order valence-corrected chi connectivity index (χ3v) is 3.73. The largest absolute Gasteiger partial charge is 0.322 e. The zero-order chi connectivity index (χ0) is 20.1. The van der Waals surface area contributed by atoms with Crippen molar-refractivity contribution in [3.05, 3.63) is 58.6 Å². The maximum atomic E-state index is 13.5. The molecule has 27 heavy (non-hydrogen) atoms. The number of benzene rings is 2. The van der Waals surface area contributed by atoms with Crippen LogP contribution >= 0.6 is 11.6 Å². The van der Waals surface area contributed by atoms with Gasteiger partial charge in [-0.05, 0) is 30.3 Å². The lowest BCUT2D eigenvalue weighted by molar-refractivity contribution is -0.862. The fraction of sp³-hybridized carbons (Fsp3) is 0.176. The molecule has 0 spiro atoms. The highest BCUT2D eigenvalue weighted by molar-refractivity contribution is 6.31. The van der Waals surface area contributed by atoms with Gasteiger partial charge in [0.25, 0.3) is 11.8 Å². The van der Waals surface area contributed by atoms with Gasteiger partial charge in [-0.1, -0.05) is 11.6 Å². The quantitative estimate of drug-likeness (QED) is 0.509. The van der Waals surface area contributed by atoms with Crippen molar-refractivity contribution >= 4 is 34.8 Å². The molecule has 3 N–H and O–H groups in total. The second-order valence-electron chi connectivity index (χ2n) is 5.76. The summed E-state index contributed by atoms with van der Waals surface area (Å²) in [4.78, 5) is 24.3. The van der Waals surface area contributed by atoms with Crippen LogP contribution in [-0.4, -0.2) is 32.0 Å². The van der Waals surface area contributed by atoms with Crippen molar-refractivity contribution in [3.8, 4) is 0 Å². The molecule has 0 aliphatic heterocycles. The zero-order valence-corrected chi connectivity index (χ0v) is 14.8. The Bertz CT molecular complexity index is 879. The van der Waals surface area contributed by atoms with Crippen LogP contribution in [-0.2, 0) is 9.59 Å². The average Bonchev–Trinajstić information content (AvgIpc) is 2.58. The molecule has 0 aromatic heterocycles. The van der Waals surface area contributed by atoms with Crippen molar-refractivity contribution in [1.82, 2.24) is 0 Å². The first-order chi connectivity index (χ1) is 12.7. The molecule has 0 saturated carbocycles. The Hall–Kier alpha value is -2.65. The molecule has 2 aromatic carbocycles. The van der Waals surface area contributed by atoms with Crippen LogP contribution in [0, 0.1) is 23.3 Å². The van der Waals surface area contributed by atoms with Crippen LogP contribution < -0.4 is 15.5 Å². The predicted molar refractivity (Wildman–Crippen MR) is 91.6 cm³/mol. The smallest absolute Gasteiger partial charge is 0.279 e. The minimum absolute atomic E-state index is 0.136. The lowest BCUT2D eigenvalue weighted by Gasteiger charge is -2.14. The first-order valence-electron chi connectivity index (χ1n) is 7.67. The molecular formula is C17H15ClF4N3O2+. The van der Waals surface area contributed by atoms with E-state index >= 15 is 0 Å². The standard InChI is InChI=1S/C17H14ClF4N3O2/c1-25(7-14(26)23-9-2-3-11(19)10(18)6-9)8-15(27)24-13-5-4-12(20)16(21)17(13)22/h2-6H,7-8H2,1H3,(H,23,26)(H,24,27)/p+1. The monoisotopic (exact) mass is 404 g/mol. The van der Waals surface area contributed by atoms with Gasteiger partial charge in [-0.2, -0.15) is 0 Å². The topological polar surface area (TPSA) is 62.6 Å². The molecular weight excluding hydrogens is 390 g/mol. The Balaban J connectivity index is 1.88. The molecule has 0 radical (unpaired) electrons. The summed E-state index contributed by atoms with van der Waals surface area (Å²) in [6.45, 7) is -0.376. The summed E-state index contributed by atoms with van der Waals surface area (Å²) in [5.74, 6) is -6.36. The van der Waals surface area contributed by atoms with Gasteiger partial charge in [-0.3, -0.25) is 9.59 Å². The minimum Gasteiger partial charge on any atom is -0.322 e. The summed E-state index contributed by atoms with van der Waals surface area (Å²) in [7, 11) is 1.53. The van der Waals surface area contributed by atoms with Gasteiger partial charge in [-0.15, -0.1) is 0 Å². The average molecular weight is 405 g/mol. The van der Waals surface area contributed by atoms with Crippen molar-refractivity contribution in [2.45, 2.75) is 0 Å². The van der Waals surface area contributed by atoms with E-state index in [4.69, 9.17) is 11.6 Å². The Morgan fingerprint density at radius 3 is 2.15 bits per heavy atom. The Labute approximate surface area is 156 Å². The van der Waals surface area contributed by atoms with Crippen LogP contribution in [0.5, 0.6) is 0 Å². The summed E-state index contributed by atoms with van der Waals surface area (Å²) in [5.41, 5.74) is -0.218. The zero-order valence-electron chi connectivity index (χ0n) is 14.0. The third-order valence-electron chi connectivity index (χ3n) is 3.44. The van der Waals surface area contributed by atoms with Crippen LogP contribution in [0.3, 0.4) is 0 Å². The highest BCUT2D eigenvalue weighted by Crippen LogP contribution is 2.20. The number of carbonyl (C=O) groups excluding carboxylic acids is 2. The Morgan fingerprint density at radius 1 is 0.926 bits per heavy atom. The maximum Gasteiger partial charge on any atom is 0.279 e. The van der Waals surface area contributed by atoms with E-state index in [1.165, 1.54) is 19.2 Å². The number of anilines is 2. The van der Waals surface area contributed by atoms with Crippen LogP contribution in [0.15, 0.2) is 30.3 Å². The van der Waals surface area contributed by atoms with Gasteiger partial charge in [-0.25, -0.2) is 17.6 Å². The molecule has 0 saturated heterocycles. The number of carbonyl (C=O) groups is 2. The third kappa shape index (κ3) is 5.66. The van der Waals surface area contributed by atoms with Crippen LogP contribution in [0.25, 0.3) is 0 Å². The normalized spacial score (nSPS) is 11.8. The lowest BCUT2D eigenvalue weighted by Crippen LogP contribution is -3.11. The van der Waals surface area contributed by atoms with Crippen molar-refractivity contribution in [2.24, 2.45) is 0 Å². The number of quaternary nitrogens is 1. The van der Waals surface area contributed by atoms with E-state index in [0.717, 1.165) is 12.1 Å². The fourth-order valence-electron chi connectivity index (χ4n) is 2.21. The van der Waals surface area contributed by atoms with E-state index in [0.29, 0.717) is 11.0 Å². The Morgan fingerprint density at radius 2 is 1.52 bits per heavy atom. The van der Waals surface area contributed by atoms with Crippen molar-refractivity contribution < 1.29 is 32.1 Å². The van der Waals surface area contributed by atoms with Crippen molar-refractivity contribution in [3.63, 3.8) is 0 Å². The molecule has 0 aliphatic carbocycles. The summed E-state index contributed by atoms with van der Waals surface area (Å²) in [5, 5.41) is 4.45. The molecule has 1 unspecified atom stereocenters. The van der Waals surface area contributed by atoms with E-state index in [9.17, 15) is 27.2 Å². The number of amides is 2. The second-order valence-corrected chi connectivity index (χ2v) is 6.17. The van der Waals surface area contributed by atoms with Gasteiger partial charge in [0.1, 0.15) is 5.82 Å². The number of likely N-dealkylation sites (N-methyl/N-ethyl adjacent to an activating group) is 1. The highest BCUT2D eigenvalue weighted by atomic mass is 35.5. The van der Waals surface area contributed by atoms with E-state index in [-0.39, 0.29) is 23.8 Å². The van der Waals surface area contributed by atoms with Gasteiger partial charge in [0.2, 0.25) is 0 Å². The maximum absolute atomic E-state index is 13.5. The molecule has 5 nitrogen and oxygen atoms in total. The van der Waals surface area contributed by atoms with Gasteiger partial charge < -0.3 is 15.5 Å². The SMILES string of the molecule is C[NH+](CC(=O)Nc1ccc(F)c(Cl)c1)CC(=O)Nc1ccc(F)c(F)c1F. The predicted octanol–water partition coefficient (Wildman–Crippen LogP) is 1.99. The molecule has 2 amide bonds. The van der Waals surface area contributed by atoms with E-state index in [1.54, 1.807) is 0 Å². The minimum atomic E-state index is -1.69. The number of hydrogen-bond donors (Lipinski definition) is 3. The van der Waals surface area contributed by atoms with Gasteiger partial charge in [0, 0.05) is 5.69 Å². The summed E-state index contributed by atoms with van der Waals surface area (Å²) in [6.07, 6.45) is 0. The van der Waals surface area contributed by atoms with Crippen molar-refractivity contribution in [1.29, 1.82) is 0 Å². The molecule has 2 rings (SSSR count). The number of nitrogens with one attached hydrogen (secondary N) is 3. The molecule has 10 heteroatoms. The number of rotatable bonds is 6. The lowest BCUT2D eigenvalue weighted by atomic mass is 10.2. The molecule has 144 valence electrons. The second kappa shape index (κ2) is 8.83. The van der Waals surface area contributed by atoms with Crippen LogP contribution in [0.1, 0.15) is 0 Å². The van der Waals surface area contributed by atoms with E-state index in [2.05, 4.69) is 10.6 Å². The molecule has 1 atom stereocenters. The van der Waals surface area contributed by atoms with Crippen LogP contribution in [0.2, 0.25) is 5.02 Å². The van der Waals surface area contributed by atoms with Crippen LogP contribution in [0.4, 0.5) is 28.9 Å². The van der Waals surface area contributed by atoms with E-state index in [1.807, 2.05) is 0 Å². The Kier molecular flexibility index (Phi) is 6.75. The molecule has 2 aromatic rings. The van der Waals surface area contributed by atoms with Gasteiger partial charge in [0.15, 0.2) is 30.5 Å².